The summed E-state index contributed by atoms with van der Waals surface area (Å²) >= 11 is 1.32. The lowest BCUT2D eigenvalue weighted by Crippen LogP contribution is -2.64. The first kappa shape index (κ1) is 81.9. The number of amides is 9. The van der Waals surface area contributed by atoms with Crippen LogP contribution in [0.4, 0.5) is 4.79 Å². The quantitative estimate of drug-likeness (QED) is 0.0144. The molecule has 4 heterocycles. The number of aromatic nitrogens is 2. The SMILES string of the molecule is COCCCCCCCOc1ccc(-c2nnc(-c3ccc(C(=O)N[C@H]4C[C@H](O)CNC(=O)[C@@H]5[C@@H](O)[C@H](C)CN5C(=O)[C@H]([C@H](O)CCNC(=O)[C@@H](O)CNC(=O)OC(C)(C)C)NC(=O)[C@H]([C@H](O)Cc5ccc(O)c(OSOOO)c5)NC(=O)[C@@H]5C[C@H](O)CN5C(=O)[C@H]([C@H](C)O)NC4=O)cc3)s2)cc1. The van der Waals surface area contributed by atoms with Crippen molar-refractivity contribution in [2.75, 3.05) is 53.0 Å². The number of aliphatic hydroxyl groups is 7. The molecule has 0 aliphatic carbocycles. The fraction of sp³-hybridized carbons (Fsp3) is 0.561. The van der Waals surface area contributed by atoms with E-state index < -0.39 is 208 Å². The normalized spacial score (nSPS) is 23.6. The fourth-order valence-electron chi connectivity index (χ4n) is 11.5. The van der Waals surface area contributed by atoms with E-state index in [2.05, 4.69) is 56.8 Å². The van der Waals surface area contributed by atoms with Crippen LogP contribution in [0.2, 0.25) is 0 Å². The van der Waals surface area contributed by atoms with Crippen LogP contribution in [-0.2, 0) is 58.8 Å². The number of nitrogens with one attached hydrogen (secondary N) is 7. The van der Waals surface area contributed by atoms with E-state index in [-0.39, 0.29) is 29.2 Å². The van der Waals surface area contributed by atoms with Crippen LogP contribution in [0.5, 0.6) is 17.2 Å². The lowest BCUT2D eigenvalue weighted by Gasteiger charge is -2.34. The molecule has 3 aliphatic rings. The van der Waals surface area contributed by atoms with Crippen molar-refractivity contribution in [2.45, 2.75) is 177 Å². The van der Waals surface area contributed by atoms with Crippen molar-refractivity contribution in [3.63, 3.8) is 0 Å². The number of methoxy groups -OCH3 is 1. The first-order chi connectivity index (χ1) is 49.0. The molecule has 1 aromatic heterocycles. The minimum absolute atomic E-state index is 0.0147. The smallest absolute Gasteiger partial charge is 0.407 e. The second kappa shape index (κ2) is 38.9. The van der Waals surface area contributed by atoms with E-state index in [1.54, 1.807) is 40.0 Å². The van der Waals surface area contributed by atoms with Gasteiger partial charge in [0.05, 0.1) is 49.8 Å². The van der Waals surface area contributed by atoms with Crippen LogP contribution >= 0.6 is 23.7 Å². The average Bonchev–Trinajstić information content (AvgIpc) is 1.69. The molecule has 7 rings (SSSR count). The van der Waals surface area contributed by atoms with Crippen LogP contribution in [0.1, 0.15) is 102 Å². The Morgan fingerprint density at radius 1 is 0.738 bits per heavy atom. The Bertz CT molecular complexity index is 3520. The number of ether oxygens (including phenoxy) is 3. The van der Waals surface area contributed by atoms with Crippen LogP contribution in [0.15, 0.2) is 66.7 Å². The number of fused-ring (bicyclic) bond motifs is 2. The number of hydrogen-bond acceptors (Lipinski definition) is 28. The van der Waals surface area contributed by atoms with Gasteiger partial charge >= 0.3 is 6.09 Å². The Morgan fingerprint density at radius 3 is 2.02 bits per heavy atom. The number of carbonyl (C=O) groups excluding carboxylic acids is 9. The Labute approximate surface area is 600 Å². The number of carbonyl (C=O) groups is 9. The van der Waals surface area contributed by atoms with Gasteiger partial charge in [0.15, 0.2) is 11.5 Å². The summed E-state index contributed by atoms with van der Waals surface area (Å²) in [6.45, 7) is 5.63. The highest BCUT2D eigenvalue weighted by Crippen LogP contribution is 2.34. The summed E-state index contributed by atoms with van der Waals surface area (Å²) in [7, 11) is 1.69. The molecule has 0 unspecified atom stereocenters. The van der Waals surface area contributed by atoms with Gasteiger partial charge in [0.1, 0.15) is 63.7 Å². The summed E-state index contributed by atoms with van der Waals surface area (Å²) in [5.41, 5.74) is 0.465. The van der Waals surface area contributed by atoms with E-state index in [0.29, 0.717) is 27.9 Å². The zero-order chi connectivity index (χ0) is 75.2. The Hall–Kier alpha value is -8.44. The number of rotatable bonds is 28. The number of nitrogens with zero attached hydrogens (tertiary/aromatic N) is 4. The highest BCUT2D eigenvalue weighted by atomic mass is 32.2. The number of benzene rings is 3. The first-order valence-corrected chi connectivity index (χ1v) is 34.9. The standard InChI is InChI=1S/C66H91N11O24S2/c1-34-32-77-53(54(34)85)60(91)68-30-40(79)28-43(70-55(86)37-13-15-38(16-14-37)61-74-75-62(102-61)39-17-19-42(20-18-39)97-25-11-9-7-8-10-24-96-6)56(87)71-50(35(2)78)63(92)76-33-41(80)29-44(76)57(88)72-51(47(83)26-36-12-21-45(81)49(27-36)99-103-101-100-95)59(90)73-52(64(77)93)46(82)22-23-67-58(89)48(84)31-69-65(94)98-66(3,4)5/h12-21,27,34-35,40-41,43-44,46-48,50-54,78-85,95H,7-11,22-26,28-33H2,1-6H3,(H,67,89)(H,68,91)(H,69,94)(H,70,86)(H,71,87)(H,72,88)(H,73,90)/t34-,35+,40+,41+,43+,44+,46-,47-,48+,50+,51+,52+,53+,54+/m1/s1. The van der Waals surface area contributed by atoms with Gasteiger partial charge in [-0.15, -0.1) is 10.2 Å². The molecule has 0 spiro atoms. The molecule has 37 heteroatoms. The maximum absolute atomic E-state index is 15.1. The predicted molar refractivity (Wildman–Crippen MR) is 365 cm³/mol. The highest BCUT2D eigenvalue weighted by Gasteiger charge is 2.50. The molecule has 3 saturated heterocycles. The van der Waals surface area contributed by atoms with Crippen LogP contribution in [0, 0.1) is 5.92 Å². The summed E-state index contributed by atoms with van der Waals surface area (Å²) in [4.78, 5) is 130. The van der Waals surface area contributed by atoms with Gasteiger partial charge in [0.2, 0.25) is 35.4 Å². The molecule has 3 aliphatic heterocycles. The maximum atomic E-state index is 15.1. The summed E-state index contributed by atoms with van der Waals surface area (Å²) < 4.78 is 25.5. The number of phenolic OH excluding ortho intramolecular Hbond substituents is 1. The molecule has 3 aromatic carbocycles. The molecular weight excluding hydrogens is 1390 g/mol. The summed E-state index contributed by atoms with van der Waals surface area (Å²) in [5, 5.41) is 129. The van der Waals surface area contributed by atoms with Gasteiger partial charge in [-0.3, -0.25) is 38.4 Å². The zero-order valence-corrected chi connectivity index (χ0v) is 59.1. The number of aliphatic hydroxyl groups excluding tert-OH is 7. The number of alkyl carbamates (subject to hydrolysis) is 1. The van der Waals surface area contributed by atoms with Crippen molar-refractivity contribution in [3.05, 3.63) is 77.9 Å². The van der Waals surface area contributed by atoms with Crippen molar-refractivity contribution in [1.29, 1.82) is 0 Å². The molecule has 566 valence electrons. The topological polar surface area (TPSA) is 508 Å². The molecule has 4 aromatic rings. The molecule has 0 saturated carbocycles. The van der Waals surface area contributed by atoms with Gasteiger partial charge in [-0.1, -0.05) is 65.1 Å². The number of unbranched alkanes of at least 4 members (excludes halogenated alkanes) is 4. The van der Waals surface area contributed by atoms with Gasteiger partial charge < -0.3 is 106 Å². The van der Waals surface area contributed by atoms with Crippen LogP contribution in [0.3, 0.4) is 0 Å². The van der Waals surface area contributed by atoms with Crippen LogP contribution in [-0.4, -0.2) is 257 Å². The number of hydrogen-bond donors (Lipinski definition) is 16. The average molecular weight is 1490 g/mol. The van der Waals surface area contributed by atoms with Gasteiger partial charge in [-0.05, 0) is 101 Å². The molecule has 9 amide bonds. The molecule has 14 atom stereocenters. The number of β-amino-alcohol motifs (C(OH)–C–C–N with tert-alkyl or cyclic N) is 1. The predicted octanol–water partition coefficient (Wildman–Crippen LogP) is -0.743. The third-order valence-corrected chi connectivity index (χ3v) is 18.3. The number of phenols is 1. The summed E-state index contributed by atoms with van der Waals surface area (Å²) in [6.07, 6.45) is -11.2. The summed E-state index contributed by atoms with van der Waals surface area (Å²) in [6, 6.07) is 5.04. The van der Waals surface area contributed by atoms with Crippen molar-refractivity contribution in [1.82, 2.24) is 57.2 Å². The number of aromatic hydroxyl groups is 1. The summed E-state index contributed by atoms with van der Waals surface area (Å²) in [5.74, 6) is -10.5. The van der Waals surface area contributed by atoms with E-state index in [9.17, 15) is 74.4 Å². The van der Waals surface area contributed by atoms with Crippen molar-refractivity contribution < 1.29 is 117 Å². The molecule has 0 bridgehead atoms. The van der Waals surface area contributed by atoms with Crippen LogP contribution in [0.25, 0.3) is 21.1 Å². The van der Waals surface area contributed by atoms with E-state index in [1.165, 1.54) is 36.5 Å². The van der Waals surface area contributed by atoms with Crippen LogP contribution < -0.4 is 46.1 Å². The minimum atomic E-state index is -2.24. The third-order valence-electron chi connectivity index (χ3n) is 17.0. The van der Waals surface area contributed by atoms with E-state index >= 15 is 9.59 Å². The monoisotopic (exact) mass is 1490 g/mol. The molecule has 103 heavy (non-hydrogen) atoms. The first-order valence-electron chi connectivity index (χ1n) is 33.4. The molecular formula is C66H91N11O24S2. The Kier molecular flexibility index (Phi) is 30.9. The Morgan fingerprint density at radius 2 is 1.37 bits per heavy atom. The maximum Gasteiger partial charge on any atom is 0.407 e. The van der Waals surface area contributed by atoms with Gasteiger partial charge in [-0.2, -0.15) is 0 Å². The minimum Gasteiger partial charge on any atom is -0.504 e. The lowest BCUT2D eigenvalue weighted by molar-refractivity contribution is -0.433. The van der Waals surface area contributed by atoms with Gasteiger partial charge in [0, 0.05) is 81.8 Å². The fourth-order valence-corrected chi connectivity index (χ4v) is 12.6. The molecule has 0 radical (unpaired) electrons. The second-order valence-electron chi connectivity index (χ2n) is 26.2. The lowest BCUT2D eigenvalue weighted by atomic mass is 9.98. The highest BCUT2D eigenvalue weighted by molar-refractivity contribution is 7.90. The largest absolute Gasteiger partial charge is 0.504 e. The van der Waals surface area contributed by atoms with Gasteiger partial charge in [-0.25, -0.2) is 10.1 Å². The van der Waals surface area contributed by atoms with Crippen molar-refractivity contribution in [2.24, 2.45) is 5.92 Å². The molecule has 3 fully saturated rings. The molecule has 35 nitrogen and oxygen atoms in total. The second-order valence-corrected chi connectivity index (χ2v) is 27.6. The van der Waals surface area contributed by atoms with Crippen molar-refractivity contribution >= 4 is 77.0 Å². The third kappa shape index (κ3) is 23.8. The molecule has 16 N–H and O–H groups in total. The van der Waals surface area contributed by atoms with Gasteiger partial charge in [0.25, 0.3) is 24.1 Å². The Balaban J connectivity index is 1.17. The zero-order valence-electron chi connectivity index (χ0n) is 57.5. The van der Waals surface area contributed by atoms with E-state index in [1.807, 2.05) is 24.3 Å². The van der Waals surface area contributed by atoms with E-state index in [4.69, 9.17) is 23.7 Å². The van der Waals surface area contributed by atoms with E-state index in [0.717, 1.165) is 73.1 Å². The van der Waals surface area contributed by atoms with Crippen molar-refractivity contribution in [3.8, 4) is 38.4 Å².